The lowest BCUT2D eigenvalue weighted by atomic mass is 9.98. The molecule has 3 rings (SSSR count). The van der Waals surface area contributed by atoms with Crippen LogP contribution < -0.4 is 16.2 Å². The summed E-state index contributed by atoms with van der Waals surface area (Å²) in [6, 6.07) is 16.2. The highest BCUT2D eigenvalue weighted by atomic mass is 28.4. The maximum absolute atomic E-state index is 14.6. The van der Waals surface area contributed by atoms with E-state index in [0.29, 0.717) is 11.1 Å². The van der Waals surface area contributed by atoms with Crippen molar-refractivity contribution in [2.24, 2.45) is 5.92 Å². The van der Waals surface area contributed by atoms with Gasteiger partial charge in [-0.25, -0.2) is 9.59 Å². The number of carbonyl (C=O) groups excluding carboxylic acids is 3. The van der Waals surface area contributed by atoms with Crippen LogP contribution in [0.25, 0.3) is 11.3 Å². The van der Waals surface area contributed by atoms with Crippen molar-refractivity contribution in [1.82, 2.24) is 9.88 Å². The largest absolute Gasteiger partial charge is 0.465 e. The molecule has 2 N–H and O–H groups in total. The Bertz CT molecular complexity index is 1690. The summed E-state index contributed by atoms with van der Waals surface area (Å²) in [6.45, 7) is 11.1. The summed E-state index contributed by atoms with van der Waals surface area (Å²) in [7, 11) is -1.75. The van der Waals surface area contributed by atoms with Gasteiger partial charge in [-0.3, -0.25) is 19.5 Å². The van der Waals surface area contributed by atoms with Crippen LogP contribution in [0.15, 0.2) is 71.5 Å². The van der Waals surface area contributed by atoms with Gasteiger partial charge in [0.2, 0.25) is 5.91 Å². The van der Waals surface area contributed by atoms with E-state index in [1.807, 2.05) is 20.8 Å². The minimum Gasteiger partial charge on any atom is -0.465 e. The Kier molecular flexibility index (Phi) is 12.6. The molecule has 266 valence electrons. The molecule has 0 radical (unpaired) electrons. The zero-order valence-electron chi connectivity index (χ0n) is 28.9. The first-order chi connectivity index (χ1) is 22.7. The third-order valence-electron chi connectivity index (χ3n) is 8.43. The molecule has 2 unspecified atom stereocenters. The topological polar surface area (TPSA) is 125 Å². The maximum atomic E-state index is 14.6. The third-order valence-corrected chi connectivity index (χ3v) is 12.9. The lowest BCUT2D eigenvalue weighted by molar-refractivity contribution is -0.210. The minimum absolute atomic E-state index is 0.0738. The molecular weight excluding hydrogens is 659 g/mol. The fourth-order valence-corrected chi connectivity index (χ4v) is 5.95. The third kappa shape index (κ3) is 10.3. The molecule has 0 spiro atoms. The summed E-state index contributed by atoms with van der Waals surface area (Å²) < 4.78 is 60.6. The van der Waals surface area contributed by atoms with Crippen LogP contribution in [0.5, 0.6) is 0 Å². The number of anilines is 1. The molecule has 14 heteroatoms. The van der Waals surface area contributed by atoms with E-state index in [4.69, 9.17) is 13.9 Å². The van der Waals surface area contributed by atoms with E-state index >= 15 is 0 Å². The summed E-state index contributed by atoms with van der Waals surface area (Å²) in [6.07, 6.45) is -8.05. The molecule has 3 aromatic rings. The number of carbonyl (C=O) groups is 3. The second-order valence-corrected chi connectivity index (χ2v) is 18.2. The Balaban J connectivity index is 2.01. The summed E-state index contributed by atoms with van der Waals surface area (Å²) in [5.41, 5.74) is 0.279. The van der Waals surface area contributed by atoms with E-state index in [1.54, 1.807) is 69.4 Å². The van der Waals surface area contributed by atoms with Crippen LogP contribution in [0.4, 0.5) is 23.7 Å². The van der Waals surface area contributed by atoms with Crippen molar-refractivity contribution in [2.75, 3.05) is 12.4 Å². The average Bonchev–Trinajstić information content (AvgIpc) is 3.02. The average molecular weight is 704 g/mol. The second kappa shape index (κ2) is 15.9. The molecule has 0 fully saturated rings. The van der Waals surface area contributed by atoms with Crippen LogP contribution in [0.3, 0.4) is 0 Å². The Morgan fingerprint density at radius 3 is 2.16 bits per heavy atom. The zero-order chi connectivity index (χ0) is 36.7. The fraction of sp³-hybridized carbons (Fsp3) is 0.429. The molecule has 0 aliphatic carbocycles. The molecule has 0 aliphatic rings. The number of benzene rings is 2. The minimum atomic E-state index is -4.81. The van der Waals surface area contributed by atoms with E-state index in [0.717, 1.165) is 4.57 Å². The van der Waals surface area contributed by atoms with E-state index < -0.39 is 67.7 Å². The second-order valence-electron chi connectivity index (χ2n) is 13.5. The predicted molar refractivity (Wildman–Crippen MR) is 183 cm³/mol. The van der Waals surface area contributed by atoms with Gasteiger partial charge in [-0.2, -0.15) is 13.2 Å². The van der Waals surface area contributed by atoms with Gasteiger partial charge in [-0.1, -0.05) is 77.1 Å². The number of rotatable bonds is 12. The quantitative estimate of drug-likeness (QED) is 0.152. The number of halogens is 3. The first kappa shape index (κ1) is 39.0. The number of hydrogen-bond donors (Lipinski definition) is 2. The van der Waals surface area contributed by atoms with E-state index in [1.165, 1.54) is 31.4 Å². The number of aromatic nitrogens is 1. The van der Waals surface area contributed by atoms with E-state index in [-0.39, 0.29) is 23.6 Å². The molecule has 2 amide bonds. The normalized spacial score (nSPS) is 13.4. The molecule has 1 heterocycles. The number of alkyl halides is 3. The Labute approximate surface area is 285 Å². The van der Waals surface area contributed by atoms with Gasteiger partial charge in [0.05, 0.1) is 24.4 Å². The van der Waals surface area contributed by atoms with Crippen LogP contribution in [0, 0.1) is 5.92 Å². The number of nitrogens with zero attached hydrogens (tertiary/aromatic N) is 1. The summed E-state index contributed by atoms with van der Waals surface area (Å²) in [4.78, 5) is 52.3. The van der Waals surface area contributed by atoms with Crippen LogP contribution in [-0.2, 0) is 31.8 Å². The predicted octanol–water partition coefficient (Wildman–Crippen LogP) is 7.14. The highest BCUT2D eigenvalue weighted by Gasteiger charge is 2.52. The Morgan fingerprint density at radius 2 is 1.59 bits per heavy atom. The standard InChI is InChI=1S/C35H44F3N3O7Si/c1-22(2)29(30(35(36,37)38)48-49(7,8)34(3,4)5)40-28(42)20-41-27(24-15-12-16-25(19-24)32(44)46-6)18-17-26(31(41)43)39-33(45)47-21-23-13-10-9-11-14-23/h9-19,22,29-30H,20-21H2,1-8H3,(H,39,45)(H,40,42). The van der Waals surface area contributed by atoms with Gasteiger partial charge < -0.3 is 19.2 Å². The number of ether oxygens (including phenoxy) is 2. The van der Waals surface area contributed by atoms with Crippen molar-refractivity contribution in [3.8, 4) is 11.3 Å². The monoisotopic (exact) mass is 703 g/mol. The molecule has 0 saturated heterocycles. The smallest absolute Gasteiger partial charge is 0.415 e. The van der Waals surface area contributed by atoms with Crippen molar-refractivity contribution >= 4 is 32.0 Å². The number of hydrogen-bond acceptors (Lipinski definition) is 7. The van der Waals surface area contributed by atoms with Gasteiger partial charge in [-0.15, -0.1) is 0 Å². The van der Waals surface area contributed by atoms with Crippen molar-refractivity contribution in [1.29, 1.82) is 0 Å². The van der Waals surface area contributed by atoms with Crippen LogP contribution in [0.1, 0.15) is 50.5 Å². The fourth-order valence-electron chi connectivity index (χ4n) is 4.68. The van der Waals surface area contributed by atoms with Crippen molar-refractivity contribution in [3.05, 3.63) is 88.2 Å². The Morgan fingerprint density at radius 1 is 0.939 bits per heavy atom. The van der Waals surface area contributed by atoms with Gasteiger partial charge in [0, 0.05) is 0 Å². The molecule has 2 atom stereocenters. The summed E-state index contributed by atoms with van der Waals surface area (Å²) >= 11 is 0. The first-order valence-electron chi connectivity index (χ1n) is 15.7. The SMILES string of the molecule is COC(=O)c1cccc(-c2ccc(NC(=O)OCc3ccccc3)c(=O)n2CC(=O)NC(C(C)C)C(O[Si](C)(C)C(C)(C)C)C(F)(F)F)c1. The molecule has 1 aromatic heterocycles. The molecule has 10 nitrogen and oxygen atoms in total. The van der Waals surface area contributed by atoms with Crippen molar-refractivity contribution in [3.63, 3.8) is 0 Å². The zero-order valence-corrected chi connectivity index (χ0v) is 29.9. The maximum Gasteiger partial charge on any atom is 0.415 e. The van der Waals surface area contributed by atoms with Gasteiger partial charge in [-0.05, 0) is 59.4 Å². The number of esters is 1. The van der Waals surface area contributed by atoms with Gasteiger partial charge in [0.25, 0.3) is 5.56 Å². The summed E-state index contributed by atoms with van der Waals surface area (Å²) in [5, 5.41) is 4.32. The molecule has 49 heavy (non-hydrogen) atoms. The van der Waals surface area contributed by atoms with E-state index in [2.05, 4.69) is 10.6 Å². The van der Waals surface area contributed by atoms with Crippen molar-refractivity contribution < 1.29 is 41.5 Å². The van der Waals surface area contributed by atoms with Crippen LogP contribution >= 0.6 is 0 Å². The Hall–Kier alpha value is -4.43. The molecule has 0 bridgehead atoms. The number of nitrogens with one attached hydrogen (secondary N) is 2. The molecular formula is C35H44F3N3O7Si. The first-order valence-corrected chi connectivity index (χ1v) is 18.6. The van der Waals surface area contributed by atoms with Gasteiger partial charge in [0.15, 0.2) is 14.4 Å². The number of pyridine rings is 1. The highest BCUT2D eigenvalue weighted by Crippen LogP contribution is 2.41. The lowest BCUT2D eigenvalue weighted by Crippen LogP contribution is -2.59. The number of amides is 2. The van der Waals surface area contributed by atoms with Gasteiger partial charge in [0.1, 0.15) is 18.8 Å². The highest BCUT2D eigenvalue weighted by molar-refractivity contribution is 6.74. The van der Waals surface area contributed by atoms with Crippen LogP contribution in [0.2, 0.25) is 18.1 Å². The number of methoxy groups -OCH3 is 1. The molecule has 0 aliphatic heterocycles. The van der Waals surface area contributed by atoms with Gasteiger partial charge >= 0.3 is 18.2 Å². The molecule has 2 aromatic carbocycles. The van der Waals surface area contributed by atoms with Crippen molar-refractivity contribution in [2.45, 2.75) is 84.2 Å². The lowest BCUT2D eigenvalue weighted by Gasteiger charge is -2.42. The molecule has 0 saturated carbocycles. The summed E-state index contributed by atoms with van der Waals surface area (Å²) in [5.74, 6) is -2.25. The van der Waals surface area contributed by atoms with Crippen LogP contribution in [-0.4, -0.2) is 56.3 Å². The van der Waals surface area contributed by atoms with E-state index in [9.17, 15) is 32.3 Å².